The van der Waals surface area contributed by atoms with E-state index in [-0.39, 0.29) is 5.91 Å². The molecule has 0 radical (unpaired) electrons. The summed E-state index contributed by atoms with van der Waals surface area (Å²) in [7, 11) is 1.54. The third kappa shape index (κ3) is 3.85. The minimum absolute atomic E-state index is 0.210. The van der Waals surface area contributed by atoms with Crippen LogP contribution in [0.25, 0.3) is 0 Å². The van der Waals surface area contributed by atoms with E-state index in [4.69, 9.17) is 9.47 Å². The molecule has 0 unspecified atom stereocenters. The normalized spacial score (nSPS) is 14.3. The van der Waals surface area contributed by atoms with Crippen LogP contribution < -0.4 is 15.0 Å². The van der Waals surface area contributed by atoms with Crippen molar-refractivity contribution in [1.82, 2.24) is 4.98 Å². The van der Waals surface area contributed by atoms with Crippen molar-refractivity contribution >= 4 is 33.2 Å². The van der Waals surface area contributed by atoms with Crippen molar-refractivity contribution in [2.24, 2.45) is 0 Å². The number of rotatable bonds is 4. The van der Waals surface area contributed by atoms with Crippen LogP contribution in [0.4, 0.5) is 11.4 Å². The molecule has 0 bridgehead atoms. The third-order valence-corrected chi connectivity index (χ3v) is 4.26. The summed E-state index contributed by atoms with van der Waals surface area (Å²) in [6, 6.07) is 9.22. The number of carbonyl (C=O) groups is 1. The van der Waals surface area contributed by atoms with Gasteiger partial charge in [-0.1, -0.05) is 15.9 Å². The van der Waals surface area contributed by atoms with Gasteiger partial charge in [-0.15, -0.1) is 0 Å². The molecule has 1 aliphatic heterocycles. The Bertz CT molecular complexity index is 716. The molecule has 24 heavy (non-hydrogen) atoms. The van der Waals surface area contributed by atoms with Gasteiger partial charge < -0.3 is 19.7 Å². The molecule has 1 aliphatic rings. The van der Waals surface area contributed by atoms with Crippen LogP contribution in [0.5, 0.6) is 5.88 Å². The van der Waals surface area contributed by atoms with Gasteiger partial charge >= 0.3 is 0 Å². The van der Waals surface area contributed by atoms with E-state index in [2.05, 4.69) is 31.1 Å². The lowest BCUT2D eigenvalue weighted by Crippen LogP contribution is -2.36. The fourth-order valence-electron chi connectivity index (χ4n) is 2.52. The number of nitrogens with zero attached hydrogens (tertiary/aromatic N) is 2. The number of aromatic nitrogens is 1. The first-order valence-electron chi connectivity index (χ1n) is 7.61. The summed E-state index contributed by atoms with van der Waals surface area (Å²) in [5.41, 5.74) is 2.21. The number of pyridine rings is 1. The number of anilines is 2. The van der Waals surface area contributed by atoms with Crippen molar-refractivity contribution in [3.05, 3.63) is 46.6 Å². The molecule has 0 atom stereocenters. The molecule has 0 aliphatic carbocycles. The number of benzene rings is 1. The van der Waals surface area contributed by atoms with E-state index < -0.39 is 0 Å². The minimum atomic E-state index is -0.210. The molecule has 1 amide bonds. The second-order valence-corrected chi connectivity index (χ2v) is 6.22. The Morgan fingerprint density at radius 3 is 2.75 bits per heavy atom. The van der Waals surface area contributed by atoms with Crippen LogP contribution >= 0.6 is 15.9 Å². The first-order chi connectivity index (χ1) is 11.7. The fraction of sp³-hybridized carbons (Fsp3) is 0.294. The topological polar surface area (TPSA) is 63.7 Å². The monoisotopic (exact) mass is 391 g/mol. The van der Waals surface area contributed by atoms with Gasteiger partial charge in [-0.2, -0.15) is 0 Å². The van der Waals surface area contributed by atoms with Crippen molar-refractivity contribution in [2.75, 3.05) is 43.6 Å². The molecule has 2 aromatic rings. The van der Waals surface area contributed by atoms with Crippen LogP contribution in [-0.2, 0) is 4.74 Å². The number of carbonyl (C=O) groups excluding carboxylic acids is 1. The first-order valence-corrected chi connectivity index (χ1v) is 8.40. The summed E-state index contributed by atoms with van der Waals surface area (Å²) >= 11 is 3.46. The molecule has 0 saturated carbocycles. The molecule has 6 nitrogen and oxygen atoms in total. The first kappa shape index (κ1) is 16.7. The SMILES string of the molecule is COc1ccc(C(=O)Nc2cc(Br)ccc2N2CCOCC2)cn1. The number of halogens is 1. The van der Waals surface area contributed by atoms with Gasteiger partial charge in [0.2, 0.25) is 5.88 Å². The largest absolute Gasteiger partial charge is 0.481 e. The van der Waals surface area contributed by atoms with Gasteiger partial charge in [0.1, 0.15) is 0 Å². The summed E-state index contributed by atoms with van der Waals surface area (Å²) in [5.74, 6) is 0.265. The fourth-order valence-corrected chi connectivity index (χ4v) is 2.88. The zero-order valence-corrected chi connectivity index (χ0v) is 14.9. The Kier molecular flexibility index (Phi) is 5.32. The van der Waals surface area contributed by atoms with Gasteiger partial charge in [0.05, 0.1) is 37.3 Å². The van der Waals surface area contributed by atoms with Crippen LogP contribution in [0, 0.1) is 0 Å². The van der Waals surface area contributed by atoms with E-state index in [0.717, 1.165) is 28.9 Å². The number of hydrogen-bond donors (Lipinski definition) is 1. The standard InChI is InChI=1S/C17H18BrN3O3/c1-23-16-5-2-12(11-19-16)17(22)20-14-10-13(18)3-4-15(14)21-6-8-24-9-7-21/h2-5,10-11H,6-9H2,1H3,(H,20,22). The van der Waals surface area contributed by atoms with Gasteiger partial charge in [0.15, 0.2) is 0 Å². The molecule has 1 saturated heterocycles. The Hall–Kier alpha value is -2.12. The van der Waals surface area contributed by atoms with Crippen molar-refractivity contribution in [2.45, 2.75) is 0 Å². The van der Waals surface area contributed by atoms with E-state index in [9.17, 15) is 4.79 Å². The highest BCUT2D eigenvalue weighted by Crippen LogP contribution is 2.30. The summed E-state index contributed by atoms with van der Waals surface area (Å²) in [6.45, 7) is 2.97. The molecule has 7 heteroatoms. The van der Waals surface area contributed by atoms with Crippen LogP contribution in [0.2, 0.25) is 0 Å². The molecule has 1 N–H and O–H groups in total. The average molecular weight is 392 g/mol. The highest BCUT2D eigenvalue weighted by Gasteiger charge is 2.17. The van der Waals surface area contributed by atoms with Crippen LogP contribution in [0.3, 0.4) is 0 Å². The highest BCUT2D eigenvalue weighted by molar-refractivity contribution is 9.10. The maximum atomic E-state index is 12.5. The number of hydrogen-bond acceptors (Lipinski definition) is 5. The predicted molar refractivity (Wildman–Crippen MR) is 95.9 cm³/mol. The summed E-state index contributed by atoms with van der Waals surface area (Å²) in [6.07, 6.45) is 1.50. The predicted octanol–water partition coefficient (Wildman–Crippen LogP) is 2.94. The Morgan fingerprint density at radius 2 is 2.08 bits per heavy atom. The molecular formula is C17H18BrN3O3. The zero-order chi connectivity index (χ0) is 16.9. The second-order valence-electron chi connectivity index (χ2n) is 5.30. The van der Waals surface area contributed by atoms with Crippen molar-refractivity contribution in [1.29, 1.82) is 0 Å². The maximum Gasteiger partial charge on any atom is 0.257 e. The summed E-state index contributed by atoms with van der Waals surface area (Å²) in [5, 5.41) is 2.97. The van der Waals surface area contributed by atoms with Crippen molar-refractivity contribution < 1.29 is 14.3 Å². The number of nitrogens with one attached hydrogen (secondary N) is 1. The molecule has 126 valence electrons. The van der Waals surface area contributed by atoms with Gasteiger partial charge in [0.25, 0.3) is 5.91 Å². The Labute approximate surface area is 148 Å². The Balaban J connectivity index is 1.82. The molecule has 1 aromatic carbocycles. The molecular weight excluding hydrogens is 374 g/mol. The quantitative estimate of drug-likeness (QED) is 0.867. The molecule has 1 fully saturated rings. The third-order valence-electron chi connectivity index (χ3n) is 3.77. The lowest BCUT2D eigenvalue weighted by molar-refractivity contribution is 0.102. The lowest BCUT2D eigenvalue weighted by atomic mass is 10.2. The van der Waals surface area contributed by atoms with Crippen LogP contribution in [-0.4, -0.2) is 44.3 Å². The van der Waals surface area contributed by atoms with E-state index in [1.54, 1.807) is 12.1 Å². The maximum absolute atomic E-state index is 12.5. The number of methoxy groups -OCH3 is 1. The molecule has 2 heterocycles. The van der Waals surface area contributed by atoms with E-state index in [1.165, 1.54) is 13.3 Å². The van der Waals surface area contributed by atoms with Gasteiger partial charge in [-0.3, -0.25) is 4.79 Å². The summed E-state index contributed by atoms with van der Waals surface area (Å²) in [4.78, 5) is 18.8. The lowest BCUT2D eigenvalue weighted by Gasteiger charge is -2.30. The van der Waals surface area contributed by atoms with Gasteiger partial charge in [0, 0.05) is 29.8 Å². The average Bonchev–Trinajstić information content (AvgIpc) is 2.62. The molecule has 0 spiro atoms. The van der Waals surface area contributed by atoms with Crippen LogP contribution in [0.1, 0.15) is 10.4 Å². The minimum Gasteiger partial charge on any atom is -0.481 e. The van der Waals surface area contributed by atoms with Gasteiger partial charge in [-0.05, 0) is 24.3 Å². The van der Waals surface area contributed by atoms with E-state index >= 15 is 0 Å². The number of ether oxygens (including phenoxy) is 2. The molecule has 3 rings (SSSR count). The van der Waals surface area contributed by atoms with E-state index in [1.807, 2.05) is 18.2 Å². The van der Waals surface area contributed by atoms with Crippen molar-refractivity contribution in [3.8, 4) is 5.88 Å². The number of amides is 1. The zero-order valence-electron chi connectivity index (χ0n) is 13.3. The smallest absolute Gasteiger partial charge is 0.257 e. The summed E-state index contributed by atoms with van der Waals surface area (Å²) < 4.78 is 11.3. The van der Waals surface area contributed by atoms with E-state index in [0.29, 0.717) is 24.7 Å². The molecule has 1 aromatic heterocycles. The van der Waals surface area contributed by atoms with Crippen LogP contribution in [0.15, 0.2) is 41.0 Å². The number of morpholine rings is 1. The highest BCUT2D eigenvalue weighted by atomic mass is 79.9. The van der Waals surface area contributed by atoms with Gasteiger partial charge in [-0.25, -0.2) is 4.98 Å². The van der Waals surface area contributed by atoms with Crippen molar-refractivity contribution in [3.63, 3.8) is 0 Å². The Morgan fingerprint density at radius 1 is 1.29 bits per heavy atom. The second kappa shape index (κ2) is 7.63.